The summed E-state index contributed by atoms with van der Waals surface area (Å²) >= 11 is 6.20. The standard InChI is InChI=1S/C20H20ClN5O6/c1-29-11-5-6-13(16(7-11)31-3)24-19-18(26(27)28)20(23-10-22-19)25-14-8-12(21)15(30-2)9-17(14)32-4/h5-10H,1-4H3,(H2,22,23,24,25). The summed E-state index contributed by atoms with van der Waals surface area (Å²) in [6.07, 6.45) is 1.19. The Morgan fingerprint density at radius 3 is 2.00 bits per heavy atom. The van der Waals surface area contributed by atoms with E-state index in [1.165, 1.54) is 40.8 Å². The van der Waals surface area contributed by atoms with E-state index in [1.807, 2.05) is 0 Å². The third-order valence-corrected chi connectivity index (χ3v) is 4.69. The number of halogens is 1. The summed E-state index contributed by atoms with van der Waals surface area (Å²) in [5, 5.41) is 18.0. The predicted octanol–water partition coefficient (Wildman–Crippen LogP) is 4.56. The van der Waals surface area contributed by atoms with Crippen LogP contribution in [0, 0.1) is 10.1 Å². The topological polar surface area (TPSA) is 130 Å². The normalized spacial score (nSPS) is 10.3. The molecule has 2 aromatic carbocycles. The number of methoxy groups -OCH3 is 4. The minimum absolute atomic E-state index is 0.0467. The number of benzene rings is 2. The van der Waals surface area contributed by atoms with Crippen LogP contribution in [-0.4, -0.2) is 43.3 Å². The summed E-state index contributed by atoms with van der Waals surface area (Å²) in [4.78, 5) is 19.4. The van der Waals surface area contributed by atoms with Crippen molar-refractivity contribution in [1.29, 1.82) is 0 Å². The minimum atomic E-state index is -0.599. The highest BCUT2D eigenvalue weighted by molar-refractivity contribution is 6.32. The van der Waals surface area contributed by atoms with Crippen LogP contribution < -0.4 is 29.6 Å². The van der Waals surface area contributed by atoms with Crippen LogP contribution in [0.4, 0.5) is 28.7 Å². The van der Waals surface area contributed by atoms with Crippen molar-refractivity contribution < 1.29 is 23.9 Å². The second-order valence-corrected chi connectivity index (χ2v) is 6.59. The van der Waals surface area contributed by atoms with Crippen LogP contribution in [-0.2, 0) is 0 Å². The van der Waals surface area contributed by atoms with Crippen LogP contribution >= 0.6 is 11.6 Å². The lowest BCUT2D eigenvalue weighted by Gasteiger charge is -2.15. The van der Waals surface area contributed by atoms with Crippen LogP contribution in [0.2, 0.25) is 5.02 Å². The number of nitrogens with one attached hydrogen (secondary N) is 2. The van der Waals surface area contributed by atoms with E-state index < -0.39 is 4.92 Å². The average Bonchev–Trinajstić information content (AvgIpc) is 2.79. The molecule has 0 aliphatic carbocycles. The van der Waals surface area contributed by atoms with Crippen molar-refractivity contribution in [1.82, 2.24) is 9.97 Å². The minimum Gasteiger partial charge on any atom is -0.497 e. The molecule has 0 saturated heterocycles. The predicted molar refractivity (Wildman–Crippen MR) is 119 cm³/mol. The molecule has 0 aliphatic heterocycles. The molecule has 11 nitrogen and oxygen atoms in total. The second-order valence-electron chi connectivity index (χ2n) is 6.18. The van der Waals surface area contributed by atoms with Gasteiger partial charge in [0.2, 0.25) is 11.6 Å². The van der Waals surface area contributed by atoms with Crippen molar-refractivity contribution in [2.24, 2.45) is 0 Å². The van der Waals surface area contributed by atoms with Crippen LogP contribution in [0.25, 0.3) is 0 Å². The molecule has 0 fully saturated rings. The van der Waals surface area contributed by atoms with Gasteiger partial charge in [-0.15, -0.1) is 0 Å². The summed E-state index contributed by atoms with van der Waals surface area (Å²) in [5.41, 5.74) is 0.415. The fraction of sp³-hybridized carbons (Fsp3) is 0.200. The highest BCUT2D eigenvalue weighted by Gasteiger charge is 2.25. The number of hydrogen-bond acceptors (Lipinski definition) is 10. The fourth-order valence-corrected chi connectivity index (χ4v) is 3.09. The average molecular weight is 462 g/mol. The number of anilines is 4. The quantitative estimate of drug-likeness (QED) is 0.345. The van der Waals surface area contributed by atoms with Crippen molar-refractivity contribution in [3.8, 4) is 23.0 Å². The van der Waals surface area contributed by atoms with E-state index in [9.17, 15) is 10.1 Å². The highest BCUT2D eigenvalue weighted by atomic mass is 35.5. The molecule has 0 saturated carbocycles. The van der Waals surface area contributed by atoms with Gasteiger partial charge in [-0.05, 0) is 18.2 Å². The lowest BCUT2D eigenvalue weighted by molar-refractivity contribution is -0.383. The zero-order valence-corrected chi connectivity index (χ0v) is 18.4. The van der Waals surface area contributed by atoms with Gasteiger partial charge in [0.25, 0.3) is 0 Å². The third-order valence-electron chi connectivity index (χ3n) is 4.39. The number of nitrogens with zero attached hydrogens (tertiary/aromatic N) is 3. The maximum Gasteiger partial charge on any atom is 0.353 e. The number of aromatic nitrogens is 2. The Bertz CT molecular complexity index is 1140. The molecule has 12 heteroatoms. The number of ether oxygens (including phenoxy) is 4. The second kappa shape index (κ2) is 9.88. The first-order valence-electron chi connectivity index (χ1n) is 9.08. The summed E-state index contributed by atoms with van der Waals surface area (Å²) in [6, 6.07) is 8.05. The molecule has 0 atom stereocenters. The molecule has 0 amide bonds. The monoisotopic (exact) mass is 461 g/mol. The first-order valence-corrected chi connectivity index (χ1v) is 9.46. The van der Waals surface area contributed by atoms with Crippen molar-refractivity contribution in [3.63, 3.8) is 0 Å². The maximum absolute atomic E-state index is 11.9. The van der Waals surface area contributed by atoms with Crippen molar-refractivity contribution in [2.75, 3.05) is 39.1 Å². The Labute approximate surface area is 188 Å². The van der Waals surface area contributed by atoms with E-state index in [0.717, 1.165) is 0 Å². The van der Waals surface area contributed by atoms with Gasteiger partial charge in [-0.3, -0.25) is 10.1 Å². The molecule has 3 rings (SSSR count). The number of rotatable bonds is 9. The van der Waals surface area contributed by atoms with Gasteiger partial charge in [0.1, 0.15) is 29.3 Å². The summed E-state index contributed by atoms with van der Waals surface area (Å²) in [5.74, 6) is 1.60. The summed E-state index contributed by atoms with van der Waals surface area (Å²) < 4.78 is 21.0. The van der Waals surface area contributed by atoms with Crippen LogP contribution in [0.3, 0.4) is 0 Å². The summed E-state index contributed by atoms with van der Waals surface area (Å²) in [7, 11) is 5.91. The van der Waals surface area contributed by atoms with Crippen molar-refractivity contribution >= 4 is 40.3 Å². The van der Waals surface area contributed by atoms with E-state index in [2.05, 4.69) is 20.6 Å². The van der Waals surface area contributed by atoms with Gasteiger partial charge in [-0.1, -0.05) is 11.6 Å². The lowest BCUT2D eigenvalue weighted by Crippen LogP contribution is -2.07. The molecule has 3 aromatic rings. The molecule has 0 radical (unpaired) electrons. The SMILES string of the molecule is COc1ccc(Nc2ncnc(Nc3cc(Cl)c(OC)cc3OC)c2[N+](=O)[O-])c(OC)c1. The third kappa shape index (κ3) is 4.67. The molecule has 0 bridgehead atoms. The van der Waals surface area contributed by atoms with Gasteiger partial charge >= 0.3 is 5.69 Å². The lowest BCUT2D eigenvalue weighted by atomic mass is 10.2. The van der Waals surface area contributed by atoms with Gasteiger partial charge in [-0.2, -0.15) is 0 Å². The molecule has 2 N–H and O–H groups in total. The summed E-state index contributed by atoms with van der Waals surface area (Å²) in [6.45, 7) is 0. The van der Waals surface area contributed by atoms with Crippen molar-refractivity contribution in [3.05, 3.63) is 51.8 Å². The zero-order chi connectivity index (χ0) is 23.3. The zero-order valence-electron chi connectivity index (χ0n) is 17.6. The molecule has 1 heterocycles. The molecule has 0 unspecified atom stereocenters. The Morgan fingerprint density at radius 1 is 0.844 bits per heavy atom. The maximum atomic E-state index is 11.9. The Kier molecular flexibility index (Phi) is 7.00. The Morgan fingerprint density at radius 2 is 1.44 bits per heavy atom. The van der Waals surface area contributed by atoms with Crippen LogP contribution in [0.5, 0.6) is 23.0 Å². The van der Waals surface area contributed by atoms with Gasteiger partial charge < -0.3 is 29.6 Å². The van der Waals surface area contributed by atoms with Gasteiger partial charge in [0.15, 0.2) is 0 Å². The number of nitro groups is 1. The van der Waals surface area contributed by atoms with Crippen molar-refractivity contribution in [2.45, 2.75) is 0 Å². The molecular formula is C20H20ClN5O6. The number of hydrogen-bond donors (Lipinski definition) is 2. The van der Waals surface area contributed by atoms with Gasteiger partial charge in [0.05, 0.1) is 49.8 Å². The Hall–Kier alpha value is -3.99. The highest BCUT2D eigenvalue weighted by Crippen LogP contribution is 2.40. The molecule has 168 valence electrons. The van der Waals surface area contributed by atoms with E-state index in [-0.39, 0.29) is 22.3 Å². The van der Waals surface area contributed by atoms with E-state index in [4.69, 9.17) is 30.5 Å². The largest absolute Gasteiger partial charge is 0.497 e. The fourth-order valence-electron chi connectivity index (χ4n) is 2.85. The van der Waals surface area contributed by atoms with Gasteiger partial charge in [0, 0.05) is 12.1 Å². The van der Waals surface area contributed by atoms with E-state index in [0.29, 0.717) is 34.4 Å². The Balaban J connectivity index is 2.03. The van der Waals surface area contributed by atoms with Gasteiger partial charge in [-0.25, -0.2) is 9.97 Å². The first kappa shape index (κ1) is 22.7. The molecule has 0 spiro atoms. The first-order chi connectivity index (χ1) is 15.4. The van der Waals surface area contributed by atoms with E-state index in [1.54, 1.807) is 24.3 Å². The molecule has 32 heavy (non-hydrogen) atoms. The molecular weight excluding hydrogens is 442 g/mol. The molecule has 1 aromatic heterocycles. The molecule has 0 aliphatic rings. The van der Waals surface area contributed by atoms with Crippen LogP contribution in [0.15, 0.2) is 36.7 Å². The van der Waals surface area contributed by atoms with E-state index >= 15 is 0 Å². The smallest absolute Gasteiger partial charge is 0.353 e. The van der Waals surface area contributed by atoms with Crippen LogP contribution in [0.1, 0.15) is 0 Å².